The van der Waals surface area contributed by atoms with Gasteiger partial charge < -0.3 is 4.74 Å². The van der Waals surface area contributed by atoms with Gasteiger partial charge in [-0.05, 0) is 44.9 Å². The van der Waals surface area contributed by atoms with Gasteiger partial charge in [-0.15, -0.1) is 0 Å². The molecular formula is C22H42O4S. The molecule has 0 saturated heterocycles. The third-order valence-electron chi connectivity index (χ3n) is 4.22. The molecule has 0 atom stereocenters. The van der Waals surface area contributed by atoms with Crippen molar-refractivity contribution in [2.75, 3.05) is 26.1 Å². The molecule has 0 radical (unpaired) electrons. The topological polar surface area (TPSA) is 52.6 Å². The van der Waals surface area contributed by atoms with E-state index >= 15 is 0 Å². The Balaban J connectivity index is 3.17. The average Bonchev–Trinajstić information content (AvgIpc) is 2.62. The predicted octanol–water partition coefficient (Wildman–Crippen LogP) is 6.18. The van der Waals surface area contributed by atoms with Crippen LogP contribution in [0.15, 0.2) is 24.3 Å². The maximum atomic E-state index is 10.8. The highest BCUT2D eigenvalue weighted by Crippen LogP contribution is 2.08. The monoisotopic (exact) mass is 402 g/mol. The SMILES string of the molecule is CCCCC/C=C\C/C=C\CCCCCCCCOCCCOS(C)(=O)=O. The predicted molar refractivity (Wildman–Crippen MR) is 116 cm³/mol. The second-order valence-corrected chi connectivity index (χ2v) is 8.72. The van der Waals surface area contributed by atoms with Crippen molar-refractivity contribution in [3.05, 3.63) is 24.3 Å². The summed E-state index contributed by atoms with van der Waals surface area (Å²) in [6.07, 6.45) is 25.8. The molecule has 0 aliphatic carbocycles. The third-order valence-corrected chi connectivity index (χ3v) is 4.81. The van der Waals surface area contributed by atoms with Crippen LogP contribution >= 0.6 is 0 Å². The maximum absolute atomic E-state index is 10.8. The second kappa shape index (κ2) is 20.1. The zero-order chi connectivity index (χ0) is 20.1. The van der Waals surface area contributed by atoms with E-state index in [1.54, 1.807) is 0 Å². The zero-order valence-electron chi connectivity index (χ0n) is 17.7. The molecule has 0 amide bonds. The van der Waals surface area contributed by atoms with Crippen molar-refractivity contribution in [2.24, 2.45) is 0 Å². The summed E-state index contributed by atoms with van der Waals surface area (Å²) in [5.41, 5.74) is 0. The summed E-state index contributed by atoms with van der Waals surface area (Å²) < 4.78 is 31.7. The third kappa shape index (κ3) is 25.3. The van der Waals surface area contributed by atoms with E-state index in [-0.39, 0.29) is 6.61 Å². The molecule has 0 fully saturated rings. The van der Waals surface area contributed by atoms with E-state index in [2.05, 4.69) is 35.4 Å². The minimum atomic E-state index is -3.31. The second-order valence-electron chi connectivity index (χ2n) is 7.08. The summed E-state index contributed by atoms with van der Waals surface area (Å²) in [4.78, 5) is 0. The molecule has 0 saturated carbocycles. The lowest BCUT2D eigenvalue weighted by molar-refractivity contribution is 0.116. The van der Waals surface area contributed by atoms with E-state index in [1.165, 1.54) is 64.2 Å². The van der Waals surface area contributed by atoms with Gasteiger partial charge in [0.15, 0.2) is 0 Å². The molecule has 0 spiro atoms. The van der Waals surface area contributed by atoms with Crippen LogP contribution in [0.1, 0.15) is 90.4 Å². The average molecular weight is 403 g/mol. The molecule has 5 heteroatoms. The fraction of sp³-hybridized carbons (Fsp3) is 0.818. The molecule has 0 heterocycles. The summed E-state index contributed by atoms with van der Waals surface area (Å²) in [5, 5.41) is 0. The number of allylic oxidation sites excluding steroid dienone is 4. The molecule has 0 rings (SSSR count). The first-order valence-electron chi connectivity index (χ1n) is 10.8. The standard InChI is InChI=1S/C22H42O4S/c1-3-4-5-6-7-8-9-10-11-12-13-14-15-16-17-18-20-25-21-19-22-26-27(2,23)24/h7-8,10-11H,3-6,9,12-22H2,1-2H3/b8-7-,11-10-. The van der Waals surface area contributed by atoms with Gasteiger partial charge in [0, 0.05) is 13.2 Å². The highest BCUT2D eigenvalue weighted by atomic mass is 32.2. The van der Waals surface area contributed by atoms with E-state index in [0.29, 0.717) is 13.0 Å². The largest absolute Gasteiger partial charge is 0.381 e. The number of rotatable bonds is 20. The lowest BCUT2D eigenvalue weighted by atomic mass is 10.1. The fourth-order valence-corrected chi connectivity index (χ4v) is 3.09. The minimum absolute atomic E-state index is 0.211. The van der Waals surface area contributed by atoms with Crippen LogP contribution in [-0.4, -0.2) is 34.5 Å². The first-order valence-corrected chi connectivity index (χ1v) is 12.6. The van der Waals surface area contributed by atoms with Crippen LogP contribution in [-0.2, 0) is 19.0 Å². The molecule has 4 nitrogen and oxygen atoms in total. The van der Waals surface area contributed by atoms with E-state index < -0.39 is 10.1 Å². The normalized spacial score (nSPS) is 12.5. The molecule has 0 N–H and O–H groups in total. The fourth-order valence-electron chi connectivity index (χ4n) is 2.67. The van der Waals surface area contributed by atoms with Crippen LogP contribution in [0.25, 0.3) is 0 Å². The first-order chi connectivity index (χ1) is 13.1. The van der Waals surface area contributed by atoms with Crippen LogP contribution in [0.4, 0.5) is 0 Å². The summed E-state index contributed by atoms with van der Waals surface area (Å²) in [6, 6.07) is 0. The lowest BCUT2D eigenvalue weighted by Gasteiger charge is -2.04. The number of hydrogen-bond acceptors (Lipinski definition) is 4. The quantitative estimate of drug-likeness (QED) is 0.138. The lowest BCUT2D eigenvalue weighted by Crippen LogP contribution is -2.07. The van der Waals surface area contributed by atoms with E-state index in [9.17, 15) is 8.42 Å². The van der Waals surface area contributed by atoms with E-state index in [4.69, 9.17) is 4.74 Å². The zero-order valence-corrected chi connectivity index (χ0v) is 18.5. The Morgan fingerprint density at radius 1 is 0.667 bits per heavy atom. The number of hydrogen-bond donors (Lipinski definition) is 0. The summed E-state index contributed by atoms with van der Waals surface area (Å²) in [5.74, 6) is 0. The highest BCUT2D eigenvalue weighted by Gasteiger charge is 2.00. The summed E-state index contributed by atoms with van der Waals surface area (Å²) in [7, 11) is -3.31. The van der Waals surface area contributed by atoms with Crippen molar-refractivity contribution < 1.29 is 17.3 Å². The molecule has 0 aliphatic heterocycles. The molecule has 0 bridgehead atoms. The Kier molecular flexibility index (Phi) is 19.6. The van der Waals surface area contributed by atoms with Gasteiger partial charge in [0.1, 0.15) is 0 Å². The number of unbranched alkanes of at least 4 members (excludes halogenated alkanes) is 9. The van der Waals surface area contributed by atoms with Crippen LogP contribution in [0.5, 0.6) is 0 Å². The summed E-state index contributed by atoms with van der Waals surface area (Å²) in [6.45, 7) is 3.78. The van der Waals surface area contributed by atoms with E-state index in [0.717, 1.165) is 25.7 Å². The van der Waals surface area contributed by atoms with Crippen molar-refractivity contribution in [1.29, 1.82) is 0 Å². The molecule has 160 valence electrons. The van der Waals surface area contributed by atoms with Crippen LogP contribution in [0.3, 0.4) is 0 Å². The Morgan fingerprint density at radius 2 is 1.22 bits per heavy atom. The van der Waals surface area contributed by atoms with Crippen molar-refractivity contribution in [1.82, 2.24) is 0 Å². The Morgan fingerprint density at radius 3 is 1.85 bits per heavy atom. The van der Waals surface area contributed by atoms with Gasteiger partial charge in [-0.3, -0.25) is 4.18 Å². The number of ether oxygens (including phenoxy) is 1. The van der Waals surface area contributed by atoms with Crippen molar-refractivity contribution >= 4 is 10.1 Å². The van der Waals surface area contributed by atoms with Gasteiger partial charge in [-0.25, -0.2) is 0 Å². The first kappa shape index (κ1) is 26.4. The molecule has 0 aliphatic rings. The molecule has 0 aromatic heterocycles. The van der Waals surface area contributed by atoms with Gasteiger partial charge in [-0.1, -0.05) is 69.8 Å². The van der Waals surface area contributed by atoms with Crippen molar-refractivity contribution in [3.63, 3.8) is 0 Å². The Bertz CT molecular complexity index is 455. The minimum Gasteiger partial charge on any atom is -0.381 e. The van der Waals surface area contributed by atoms with Gasteiger partial charge in [0.2, 0.25) is 0 Å². The van der Waals surface area contributed by atoms with Crippen LogP contribution in [0.2, 0.25) is 0 Å². The Hall–Kier alpha value is -0.650. The van der Waals surface area contributed by atoms with Crippen LogP contribution < -0.4 is 0 Å². The molecule has 0 aromatic carbocycles. The molecule has 0 aromatic rings. The van der Waals surface area contributed by atoms with Crippen LogP contribution in [0, 0.1) is 0 Å². The van der Waals surface area contributed by atoms with E-state index in [1.807, 2.05) is 0 Å². The summed E-state index contributed by atoms with van der Waals surface area (Å²) >= 11 is 0. The molecule has 27 heavy (non-hydrogen) atoms. The smallest absolute Gasteiger partial charge is 0.264 e. The van der Waals surface area contributed by atoms with Gasteiger partial charge in [0.05, 0.1) is 12.9 Å². The van der Waals surface area contributed by atoms with Crippen molar-refractivity contribution in [3.8, 4) is 0 Å². The van der Waals surface area contributed by atoms with Gasteiger partial charge >= 0.3 is 0 Å². The maximum Gasteiger partial charge on any atom is 0.264 e. The van der Waals surface area contributed by atoms with Crippen molar-refractivity contribution in [2.45, 2.75) is 90.4 Å². The van der Waals surface area contributed by atoms with Gasteiger partial charge in [0.25, 0.3) is 10.1 Å². The Labute approximate surface area is 168 Å². The highest BCUT2D eigenvalue weighted by molar-refractivity contribution is 7.85. The molecule has 0 unspecified atom stereocenters. The van der Waals surface area contributed by atoms with Gasteiger partial charge in [-0.2, -0.15) is 8.42 Å². The molecular weight excluding hydrogens is 360 g/mol.